The summed E-state index contributed by atoms with van der Waals surface area (Å²) < 4.78 is 0. The number of unbranched alkanes of at least 4 members (excludes halogenated alkanes) is 6. The van der Waals surface area contributed by atoms with Gasteiger partial charge in [0.2, 0.25) is 5.91 Å². The van der Waals surface area contributed by atoms with Crippen molar-refractivity contribution in [3.8, 4) is 0 Å². The maximum absolute atomic E-state index is 11.7. The fraction of sp³-hybridized carbons (Fsp3) is 0.929. The van der Waals surface area contributed by atoms with Crippen molar-refractivity contribution in [1.29, 1.82) is 0 Å². The normalized spacial score (nSPS) is 10.4. The molecule has 96 valence electrons. The van der Waals surface area contributed by atoms with Crippen molar-refractivity contribution in [2.24, 2.45) is 0 Å². The Kier molecular flexibility index (Phi) is 10.6. The third kappa shape index (κ3) is 8.75. The molecule has 0 saturated heterocycles. The Labute approximate surface area is 101 Å². The summed E-state index contributed by atoms with van der Waals surface area (Å²) >= 11 is 0. The Morgan fingerprint density at radius 1 is 0.875 bits per heavy atom. The molecule has 16 heavy (non-hydrogen) atoms. The van der Waals surface area contributed by atoms with Crippen LogP contribution in [-0.4, -0.2) is 24.4 Å². The first-order chi connectivity index (χ1) is 7.72. The number of carbonyl (C=O) groups is 1. The molecule has 0 radical (unpaired) electrons. The minimum absolute atomic E-state index is 0.323. The molecule has 0 aromatic heterocycles. The highest BCUT2D eigenvalue weighted by molar-refractivity contribution is 5.75. The molecule has 0 heterocycles. The van der Waals surface area contributed by atoms with Crippen molar-refractivity contribution in [1.82, 2.24) is 4.90 Å². The molecule has 0 aromatic carbocycles. The van der Waals surface area contributed by atoms with Crippen LogP contribution in [0.2, 0.25) is 0 Å². The van der Waals surface area contributed by atoms with Crippen LogP contribution >= 0.6 is 0 Å². The molecular weight excluding hydrogens is 198 g/mol. The van der Waals surface area contributed by atoms with Crippen molar-refractivity contribution in [2.75, 3.05) is 13.6 Å². The van der Waals surface area contributed by atoms with Crippen LogP contribution in [0.4, 0.5) is 0 Å². The molecular formula is C14H29NO. The number of amides is 1. The topological polar surface area (TPSA) is 20.3 Å². The number of carbonyl (C=O) groups excluding carboxylic acids is 1. The monoisotopic (exact) mass is 227 g/mol. The summed E-state index contributed by atoms with van der Waals surface area (Å²) in [6, 6.07) is 0. The van der Waals surface area contributed by atoms with Gasteiger partial charge in [0.1, 0.15) is 0 Å². The molecule has 2 nitrogen and oxygen atoms in total. The van der Waals surface area contributed by atoms with Crippen LogP contribution in [0.1, 0.15) is 71.6 Å². The third-order valence-electron chi connectivity index (χ3n) is 3.02. The number of nitrogens with zero attached hydrogens (tertiary/aromatic N) is 1. The van der Waals surface area contributed by atoms with Crippen LogP contribution in [0.15, 0.2) is 0 Å². The van der Waals surface area contributed by atoms with Crippen molar-refractivity contribution in [2.45, 2.75) is 71.6 Å². The summed E-state index contributed by atoms with van der Waals surface area (Å²) in [6.07, 6.45) is 10.6. The summed E-state index contributed by atoms with van der Waals surface area (Å²) in [4.78, 5) is 13.5. The Hall–Kier alpha value is -0.530. The first-order valence-electron chi connectivity index (χ1n) is 6.96. The summed E-state index contributed by atoms with van der Waals surface area (Å²) in [5.74, 6) is 0.323. The molecule has 0 aliphatic carbocycles. The van der Waals surface area contributed by atoms with Crippen LogP contribution < -0.4 is 0 Å². The maximum Gasteiger partial charge on any atom is 0.222 e. The lowest BCUT2D eigenvalue weighted by molar-refractivity contribution is -0.130. The SMILES string of the molecule is CCCCCCCCC(=O)N(C)CCCC. The molecule has 0 aliphatic rings. The minimum atomic E-state index is 0.323. The molecule has 0 saturated carbocycles. The number of rotatable bonds is 10. The van der Waals surface area contributed by atoms with Gasteiger partial charge in [-0.3, -0.25) is 4.79 Å². The fourth-order valence-corrected chi connectivity index (χ4v) is 1.77. The second-order valence-electron chi connectivity index (χ2n) is 4.69. The fourth-order valence-electron chi connectivity index (χ4n) is 1.77. The summed E-state index contributed by atoms with van der Waals surface area (Å²) in [6.45, 7) is 5.31. The van der Waals surface area contributed by atoms with Gasteiger partial charge in [-0.2, -0.15) is 0 Å². The molecule has 0 aliphatic heterocycles. The van der Waals surface area contributed by atoms with E-state index in [-0.39, 0.29) is 0 Å². The lowest BCUT2D eigenvalue weighted by Crippen LogP contribution is -2.27. The predicted octanol–water partition coefficient (Wildman–Crippen LogP) is 4.00. The number of hydrogen-bond acceptors (Lipinski definition) is 1. The largest absolute Gasteiger partial charge is 0.346 e. The van der Waals surface area contributed by atoms with Gasteiger partial charge >= 0.3 is 0 Å². The van der Waals surface area contributed by atoms with E-state index in [1.165, 1.54) is 32.1 Å². The summed E-state index contributed by atoms with van der Waals surface area (Å²) in [7, 11) is 1.93. The lowest BCUT2D eigenvalue weighted by atomic mass is 10.1. The molecule has 0 atom stereocenters. The van der Waals surface area contributed by atoms with Crippen LogP contribution in [-0.2, 0) is 4.79 Å². The zero-order valence-corrected chi connectivity index (χ0v) is 11.4. The first kappa shape index (κ1) is 15.5. The van der Waals surface area contributed by atoms with E-state index in [1.807, 2.05) is 11.9 Å². The van der Waals surface area contributed by atoms with Gasteiger partial charge in [0.05, 0.1) is 0 Å². The maximum atomic E-state index is 11.7. The minimum Gasteiger partial charge on any atom is -0.346 e. The van der Waals surface area contributed by atoms with E-state index in [2.05, 4.69) is 13.8 Å². The van der Waals surface area contributed by atoms with Crippen LogP contribution in [0.5, 0.6) is 0 Å². The van der Waals surface area contributed by atoms with Crippen molar-refractivity contribution in [3.63, 3.8) is 0 Å². The van der Waals surface area contributed by atoms with E-state index in [0.29, 0.717) is 5.91 Å². The Balaban J connectivity index is 3.35. The average Bonchev–Trinajstić information content (AvgIpc) is 2.30. The van der Waals surface area contributed by atoms with Crippen LogP contribution in [0.3, 0.4) is 0 Å². The average molecular weight is 227 g/mol. The molecule has 0 rings (SSSR count). The lowest BCUT2D eigenvalue weighted by Gasteiger charge is -2.16. The highest BCUT2D eigenvalue weighted by atomic mass is 16.2. The summed E-state index contributed by atoms with van der Waals surface area (Å²) in [5.41, 5.74) is 0. The van der Waals surface area contributed by atoms with Gasteiger partial charge in [-0.25, -0.2) is 0 Å². The van der Waals surface area contributed by atoms with Gasteiger partial charge in [-0.15, -0.1) is 0 Å². The van der Waals surface area contributed by atoms with Crippen molar-refractivity contribution < 1.29 is 4.79 Å². The zero-order valence-electron chi connectivity index (χ0n) is 11.4. The van der Waals surface area contributed by atoms with Gasteiger partial charge in [0.25, 0.3) is 0 Å². The molecule has 0 fully saturated rings. The molecule has 0 bridgehead atoms. The van der Waals surface area contributed by atoms with Crippen LogP contribution in [0, 0.1) is 0 Å². The quantitative estimate of drug-likeness (QED) is 0.517. The van der Waals surface area contributed by atoms with E-state index >= 15 is 0 Å². The number of hydrogen-bond donors (Lipinski definition) is 0. The Morgan fingerprint density at radius 2 is 1.44 bits per heavy atom. The molecule has 2 heteroatoms. The Morgan fingerprint density at radius 3 is 2.06 bits per heavy atom. The molecule has 0 aromatic rings. The zero-order chi connectivity index (χ0) is 12.2. The van der Waals surface area contributed by atoms with Gasteiger partial charge in [0, 0.05) is 20.0 Å². The third-order valence-corrected chi connectivity index (χ3v) is 3.02. The Bertz CT molecular complexity index is 168. The smallest absolute Gasteiger partial charge is 0.222 e. The summed E-state index contributed by atoms with van der Waals surface area (Å²) in [5, 5.41) is 0. The van der Waals surface area contributed by atoms with E-state index < -0.39 is 0 Å². The van der Waals surface area contributed by atoms with E-state index in [4.69, 9.17) is 0 Å². The van der Waals surface area contributed by atoms with Gasteiger partial charge in [-0.05, 0) is 12.8 Å². The van der Waals surface area contributed by atoms with Crippen LogP contribution in [0.25, 0.3) is 0 Å². The van der Waals surface area contributed by atoms with E-state index in [0.717, 1.165) is 32.2 Å². The second-order valence-corrected chi connectivity index (χ2v) is 4.69. The van der Waals surface area contributed by atoms with Gasteiger partial charge < -0.3 is 4.90 Å². The van der Waals surface area contributed by atoms with E-state index in [1.54, 1.807) is 0 Å². The molecule has 1 amide bonds. The van der Waals surface area contributed by atoms with Gasteiger partial charge in [0.15, 0.2) is 0 Å². The predicted molar refractivity (Wildman–Crippen MR) is 70.5 cm³/mol. The molecule has 0 N–H and O–H groups in total. The highest BCUT2D eigenvalue weighted by Gasteiger charge is 2.06. The van der Waals surface area contributed by atoms with Crippen molar-refractivity contribution >= 4 is 5.91 Å². The molecule has 0 spiro atoms. The van der Waals surface area contributed by atoms with Gasteiger partial charge in [-0.1, -0.05) is 52.4 Å². The molecule has 0 unspecified atom stereocenters. The standard InChI is InChI=1S/C14H29NO/c1-4-6-8-9-10-11-12-14(16)15(3)13-7-5-2/h4-13H2,1-3H3. The van der Waals surface area contributed by atoms with E-state index in [9.17, 15) is 4.79 Å². The highest BCUT2D eigenvalue weighted by Crippen LogP contribution is 2.08. The second kappa shape index (κ2) is 11.0. The first-order valence-corrected chi connectivity index (χ1v) is 6.96. The van der Waals surface area contributed by atoms with Crippen molar-refractivity contribution in [3.05, 3.63) is 0 Å².